The number of aliphatic hydroxyl groups excluding tert-OH is 1. The number of hydrogen-bond acceptors (Lipinski definition) is 12. The van der Waals surface area contributed by atoms with Gasteiger partial charge in [-0.05, 0) is 110 Å². The highest BCUT2D eigenvalue weighted by Crippen LogP contribution is 2.49. The third-order valence-corrected chi connectivity index (χ3v) is 33.8. The predicted octanol–water partition coefficient (Wildman–Crippen LogP) is 12.3. The van der Waals surface area contributed by atoms with E-state index < -0.39 is 42.9 Å². The van der Waals surface area contributed by atoms with Crippen LogP contribution in [0.5, 0.6) is 0 Å². The molecule has 7 heterocycles. The monoisotopic (exact) mass is 1070 g/mol. The fourth-order valence-corrected chi connectivity index (χ4v) is 22.6. The molecular formula is C58H102O12Si3. The number of carbonyl (C=O) groups excluding carboxylic acids is 1. The number of rotatable bonds is 19. The van der Waals surface area contributed by atoms with Gasteiger partial charge in [-0.25, -0.2) is 0 Å². The van der Waals surface area contributed by atoms with Crippen LogP contribution in [0.15, 0.2) is 36.5 Å². The lowest BCUT2D eigenvalue weighted by Gasteiger charge is -2.47. The first kappa shape index (κ1) is 59.8. The molecular weight excluding hydrogens is 973 g/mol. The fourth-order valence-electron chi connectivity index (χ4n) is 14.2. The summed E-state index contributed by atoms with van der Waals surface area (Å²) in [6, 6.07) is 9.41. The summed E-state index contributed by atoms with van der Waals surface area (Å²) in [7, 11) is -4.29. The Hall–Kier alpha value is -0.899. The fraction of sp³-hybridized carbons (Fsp3) is 0.879. The molecule has 0 aliphatic carbocycles. The van der Waals surface area contributed by atoms with Gasteiger partial charge in [-0.3, -0.25) is 4.79 Å². The largest absolute Gasteiger partial charge is 0.414 e. The van der Waals surface area contributed by atoms with Crippen molar-refractivity contribution in [3.05, 3.63) is 36.5 Å². The van der Waals surface area contributed by atoms with Crippen molar-refractivity contribution in [1.29, 1.82) is 0 Å². The molecule has 73 heavy (non-hydrogen) atoms. The van der Waals surface area contributed by atoms with Crippen molar-refractivity contribution in [3.63, 3.8) is 0 Å². The van der Waals surface area contributed by atoms with Crippen molar-refractivity contribution in [2.24, 2.45) is 11.8 Å². The predicted molar refractivity (Wildman–Crippen MR) is 296 cm³/mol. The Labute approximate surface area is 445 Å². The van der Waals surface area contributed by atoms with E-state index >= 15 is 0 Å². The summed E-state index contributed by atoms with van der Waals surface area (Å²) in [5.74, 6) is -0.729. The lowest BCUT2D eigenvalue weighted by molar-refractivity contribution is -0.256. The van der Waals surface area contributed by atoms with Crippen molar-refractivity contribution in [1.82, 2.24) is 0 Å². The Bertz CT molecular complexity index is 1800. The van der Waals surface area contributed by atoms with Crippen LogP contribution in [0.2, 0.25) is 54.4 Å². The first-order valence-corrected chi connectivity index (χ1v) is 37.3. The molecule has 12 nitrogen and oxygen atoms in total. The first-order valence-electron chi connectivity index (χ1n) is 29.7. The van der Waals surface area contributed by atoms with Crippen LogP contribution in [-0.4, -0.2) is 141 Å². The molecule has 418 valence electrons. The number of aliphatic hydroxyl groups is 1. The zero-order valence-electron chi connectivity index (χ0n) is 47.5. The molecule has 7 aliphatic heterocycles. The van der Waals surface area contributed by atoms with Gasteiger partial charge in [0.15, 0.2) is 30.7 Å². The van der Waals surface area contributed by atoms with Gasteiger partial charge in [0, 0.05) is 58.0 Å². The van der Waals surface area contributed by atoms with E-state index in [2.05, 4.69) is 88.5 Å². The minimum atomic E-state index is -2.12. The van der Waals surface area contributed by atoms with Crippen molar-refractivity contribution >= 4 is 30.7 Å². The Kier molecular flexibility index (Phi) is 21.6. The van der Waals surface area contributed by atoms with Crippen LogP contribution in [0.25, 0.3) is 0 Å². The Morgan fingerprint density at radius 3 is 2.04 bits per heavy atom. The van der Waals surface area contributed by atoms with Crippen LogP contribution in [0.1, 0.15) is 153 Å². The topological polar surface area (TPSA) is 130 Å². The molecule has 1 spiro atoms. The maximum absolute atomic E-state index is 14.5. The quantitative estimate of drug-likeness (QED) is 0.0976. The normalized spacial score (nSPS) is 38.8. The molecule has 0 saturated carbocycles. The number of hydrogen-bond donors (Lipinski definition) is 1. The van der Waals surface area contributed by atoms with Crippen molar-refractivity contribution in [3.8, 4) is 0 Å². The molecule has 0 aromatic rings. The van der Waals surface area contributed by atoms with Gasteiger partial charge < -0.3 is 51.5 Å². The molecule has 7 aliphatic rings. The summed E-state index contributed by atoms with van der Waals surface area (Å²) in [5.41, 5.74) is 2.22. The summed E-state index contributed by atoms with van der Waals surface area (Å²) < 4.78 is 70.4. The number of carbonyl (C=O) groups is 1. The highest BCUT2D eigenvalue weighted by molar-refractivity contribution is 6.74. The van der Waals surface area contributed by atoms with E-state index in [0.717, 1.165) is 97.6 Å². The zero-order chi connectivity index (χ0) is 52.7. The molecule has 6 fully saturated rings. The molecule has 0 aromatic heterocycles. The van der Waals surface area contributed by atoms with Gasteiger partial charge in [0.1, 0.15) is 11.9 Å². The standard InChI is InChI=1S/C58H102O12Si3/c1-14-71(15-2,16-3)62-38-45(69-72(17-4,18-5)19-6)34-52-55(61-13)46-33-42(59)25-23-24-26-49-57(70-73(20-7,21-8)22-9)54-36-53(65-49)56-47(60)37-58(67-54,68-56)30-29-44-32-40(11)48(63-44)28-27-43-31-39(10)41(12)50(64-43)35-51(46)66-52/h23-24,39,43-57,60H,11-12,14-22,25-38H2,1-10,13H3/b24-23+/t39?,43?,44?,45?,46?,47?,48?,49-,50?,51-,52?,53+,54?,55+,56?,57?,58+/m0/s1. The summed E-state index contributed by atoms with van der Waals surface area (Å²) in [6.07, 6.45) is 8.55. The number of methoxy groups -OCH3 is 1. The van der Waals surface area contributed by atoms with E-state index in [1.54, 1.807) is 7.11 Å². The Balaban J connectivity index is 1.19. The number of fused-ring (bicyclic) bond motifs is 9. The Morgan fingerprint density at radius 2 is 1.38 bits per heavy atom. The van der Waals surface area contributed by atoms with Crippen molar-refractivity contribution in [2.75, 3.05) is 13.7 Å². The van der Waals surface area contributed by atoms with E-state index in [1.165, 1.54) is 0 Å². The second kappa shape index (κ2) is 26.4. The zero-order valence-corrected chi connectivity index (χ0v) is 50.5. The average molecular weight is 1080 g/mol. The van der Waals surface area contributed by atoms with Gasteiger partial charge in [0.2, 0.25) is 0 Å². The molecule has 0 aromatic carbocycles. The lowest BCUT2D eigenvalue weighted by atomic mass is 9.81. The molecule has 0 radical (unpaired) electrons. The first-order chi connectivity index (χ1) is 35.0. The van der Waals surface area contributed by atoms with Crippen LogP contribution < -0.4 is 0 Å². The third-order valence-electron chi connectivity index (χ3n) is 19.8. The maximum Gasteiger partial charge on any atom is 0.192 e. The second-order valence-corrected chi connectivity index (χ2v) is 37.8. The number of ketones is 1. The van der Waals surface area contributed by atoms with E-state index in [1.807, 2.05) is 6.08 Å². The molecule has 6 saturated heterocycles. The van der Waals surface area contributed by atoms with E-state index in [0.29, 0.717) is 51.6 Å². The molecule has 15 heteroatoms. The van der Waals surface area contributed by atoms with Crippen LogP contribution in [0.3, 0.4) is 0 Å². The summed E-state index contributed by atoms with van der Waals surface area (Å²) in [6.45, 7) is 32.5. The molecule has 1 N–H and O–H groups in total. The SMILES string of the molecule is C=C1CC2CC[C@]34CC(O)C(O3)[C@H]3CC(O4)C(O[Si](CC)(CC)CC)[C@H](C/C=C/CC(=O)CC4[C@@H](OC)C(CC(CO[Si](CC)(CC)CC)O[Si](CC)(CC)CC)O[C@H]4CC4OC(CCC1O2)CC(C)C4=C)O3. The molecule has 9 bridgehead atoms. The minimum Gasteiger partial charge on any atom is -0.414 e. The van der Waals surface area contributed by atoms with Crippen LogP contribution in [0, 0.1) is 11.8 Å². The van der Waals surface area contributed by atoms with Gasteiger partial charge in [-0.1, -0.05) is 94.5 Å². The van der Waals surface area contributed by atoms with Crippen LogP contribution in [0.4, 0.5) is 0 Å². The number of ether oxygens (including phenoxy) is 7. The van der Waals surface area contributed by atoms with E-state index in [-0.39, 0.29) is 97.3 Å². The third kappa shape index (κ3) is 13.8. The van der Waals surface area contributed by atoms with Gasteiger partial charge in [-0.15, -0.1) is 0 Å². The molecule has 12 unspecified atom stereocenters. The smallest absolute Gasteiger partial charge is 0.192 e. The highest BCUT2D eigenvalue weighted by Gasteiger charge is 2.59. The van der Waals surface area contributed by atoms with Crippen LogP contribution >= 0.6 is 0 Å². The summed E-state index contributed by atoms with van der Waals surface area (Å²) >= 11 is 0. The average Bonchev–Trinajstić information content (AvgIpc) is 4.01. The molecule has 0 amide bonds. The lowest BCUT2D eigenvalue weighted by Crippen LogP contribution is -2.58. The van der Waals surface area contributed by atoms with Gasteiger partial charge in [-0.2, -0.15) is 0 Å². The summed E-state index contributed by atoms with van der Waals surface area (Å²) in [4.78, 5) is 14.5. The van der Waals surface area contributed by atoms with Crippen molar-refractivity contribution < 1.29 is 56.3 Å². The molecule has 7 rings (SSSR count). The minimum absolute atomic E-state index is 0.0136. The van der Waals surface area contributed by atoms with Crippen molar-refractivity contribution in [2.45, 2.75) is 298 Å². The number of allylic oxidation sites excluding steroid dienone is 1. The maximum atomic E-state index is 14.5. The van der Waals surface area contributed by atoms with Gasteiger partial charge >= 0.3 is 0 Å². The second-order valence-electron chi connectivity index (χ2n) is 23.6. The molecule has 17 atom stereocenters. The van der Waals surface area contributed by atoms with Gasteiger partial charge in [0.05, 0.1) is 86.0 Å². The van der Waals surface area contributed by atoms with Gasteiger partial charge in [0.25, 0.3) is 0 Å². The van der Waals surface area contributed by atoms with E-state index in [4.69, 9.17) is 46.4 Å². The van der Waals surface area contributed by atoms with Crippen LogP contribution in [-0.2, 0) is 51.2 Å². The Morgan fingerprint density at radius 1 is 0.712 bits per heavy atom. The van der Waals surface area contributed by atoms with E-state index in [9.17, 15) is 9.90 Å². The highest BCUT2D eigenvalue weighted by atomic mass is 28.4. The summed E-state index contributed by atoms with van der Waals surface area (Å²) in [5, 5.41) is 11.6. The number of Topliss-reactive ketones (excluding diaryl/α,β-unsaturated/α-hetero) is 1.